The molecular weight excluding hydrogens is 252 g/mol. The van der Waals surface area contributed by atoms with Crippen LogP contribution in [0.1, 0.15) is 12.5 Å². The molecule has 0 unspecified atom stereocenters. The topological polar surface area (TPSA) is 53.4 Å². The molecule has 1 aromatic rings. The number of aldehydes is 1. The summed E-state index contributed by atoms with van der Waals surface area (Å²) in [7, 11) is 1.41. The summed E-state index contributed by atoms with van der Waals surface area (Å²) in [6, 6.07) is 7.35. The van der Waals surface area contributed by atoms with Crippen LogP contribution in [0.4, 0.5) is 0 Å². The summed E-state index contributed by atoms with van der Waals surface area (Å²) in [6.45, 7) is 2.09. The van der Waals surface area contributed by atoms with Crippen LogP contribution in [0.2, 0.25) is 5.02 Å². The first kappa shape index (κ1) is 14.3. The van der Waals surface area contributed by atoms with Crippen LogP contribution in [0.25, 0.3) is 0 Å². The van der Waals surface area contributed by atoms with E-state index in [-0.39, 0.29) is 5.76 Å². The molecule has 0 heterocycles. The lowest BCUT2D eigenvalue weighted by Gasteiger charge is -2.19. The Bertz CT molecular complexity index is 472. The third-order valence-electron chi connectivity index (χ3n) is 2.31. The predicted molar refractivity (Wildman–Crippen MR) is 71.6 cm³/mol. The highest BCUT2D eigenvalue weighted by Crippen LogP contribution is 2.13. The second-order valence-corrected chi connectivity index (χ2v) is 4.13. The van der Waals surface area contributed by atoms with E-state index in [0.717, 1.165) is 5.56 Å². The molecular formula is C13H15ClN2O2. The smallest absolute Gasteiger partial charge is 0.186 e. The van der Waals surface area contributed by atoms with E-state index >= 15 is 0 Å². The molecule has 4 nitrogen and oxygen atoms in total. The van der Waals surface area contributed by atoms with Gasteiger partial charge in [-0.15, -0.1) is 0 Å². The Morgan fingerprint density at radius 1 is 1.56 bits per heavy atom. The Balaban J connectivity index is 2.91. The number of halogens is 1. The van der Waals surface area contributed by atoms with Gasteiger partial charge < -0.3 is 9.64 Å². The van der Waals surface area contributed by atoms with Gasteiger partial charge in [0.25, 0.3) is 0 Å². The van der Waals surface area contributed by atoms with E-state index in [1.165, 1.54) is 13.3 Å². The van der Waals surface area contributed by atoms with Gasteiger partial charge in [0, 0.05) is 11.6 Å². The van der Waals surface area contributed by atoms with Gasteiger partial charge in [-0.05, 0) is 24.6 Å². The maximum atomic E-state index is 10.7. The van der Waals surface area contributed by atoms with E-state index in [1.54, 1.807) is 17.9 Å². The molecule has 0 fully saturated rings. The van der Waals surface area contributed by atoms with Crippen molar-refractivity contribution in [3.8, 4) is 0 Å². The van der Waals surface area contributed by atoms with Crippen LogP contribution in [0, 0.1) is 5.41 Å². The predicted octanol–water partition coefficient (Wildman–Crippen LogP) is 2.83. The van der Waals surface area contributed by atoms with Crippen molar-refractivity contribution in [2.75, 3.05) is 7.11 Å². The van der Waals surface area contributed by atoms with Crippen molar-refractivity contribution in [3.05, 3.63) is 46.8 Å². The largest absolute Gasteiger partial charge is 0.492 e. The van der Waals surface area contributed by atoms with E-state index in [0.29, 0.717) is 23.7 Å². The first-order valence-electron chi connectivity index (χ1n) is 5.34. The molecule has 5 heteroatoms. The van der Waals surface area contributed by atoms with E-state index < -0.39 is 0 Å². The average Bonchev–Trinajstić information content (AvgIpc) is 2.34. The number of carbonyl (C=O) groups is 1. The van der Waals surface area contributed by atoms with E-state index in [2.05, 4.69) is 0 Å². The lowest BCUT2D eigenvalue weighted by atomic mass is 10.2. The Labute approximate surface area is 111 Å². The molecule has 0 saturated heterocycles. The highest BCUT2D eigenvalue weighted by atomic mass is 35.5. The molecule has 0 radical (unpaired) electrons. The third kappa shape index (κ3) is 4.22. The number of ether oxygens (including phenoxy) is 1. The average molecular weight is 267 g/mol. The van der Waals surface area contributed by atoms with Crippen LogP contribution in [0.15, 0.2) is 36.2 Å². The second-order valence-electron chi connectivity index (χ2n) is 3.70. The number of allylic oxidation sites excluding steroid dienone is 1. The van der Waals surface area contributed by atoms with Gasteiger partial charge in [0.05, 0.1) is 19.1 Å². The Morgan fingerprint density at radius 2 is 2.28 bits per heavy atom. The molecule has 0 aliphatic carbocycles. The highest BCUT2D eigenvalue weighted by Gasteiger charge is 2.06. The molecule has 0 aliphatic heterocycles. The quantitative estimate of drug-likeness (QED) is 0.293. The zero-order valence-corrected chi connectivity index (χ0v) is 11.1. The summed E-state index contributed by atoms with van der Waals surface area (Å²) in [5.41, 5.74) is 0.951. The number of amidine groups is 1. The van der Waals surface area contributed by atoms with Gasteiger partial charge in [0.15, 0.2) is 12.0 Å². The minimum absolute atomic E-state index is 0.170. The zero-order chi connectivity index (χ0) is 13.5. The van der Waals surface area contributed by atoms with Gasteiger partial charge in [-0.2, -0.15) is 0 Å². The molecule has 1 N–H and O–H groups in total. The fourth-order valence-electron chi connectivity index (χ4n) is 1.38. The van der Waals surface area contributed by atoms with E-state index in [1.807, 2.05) is 18.2 Å². The van der Waals surface area contributed by atoms with Crippen molar-refractivity contribution in [2.24, 2.45) is 0 Å². The second kappa shape index (κ2) is 6.81. The van der Waals surface area contributed by atoms with Gasteiger partial charge in [-0.3, -0.25) is 10.2 Å². The number of hydrogen-bond donors (Lipinski definition) is 1. The van der Waals surface area contributed by atoms with Crippen LogP contribution in [-0.4, -0.2) is 24.1 Å². The monoisotopic (exact) mass is 266 g/mol. The summed E-state index contributed by atoms with van der Waals surface area (Å²) in [4.78, 5) is 12.3. The number of benzene rings is 1. The van der Waals surface area contributed by atoms with Crippen LogP contribution in [0.5, 0.6) is 0 Å². The van der Waals surface area contributed by atoms with Gasteiger partial charge in [0.1, 0.15) is 0 Å². The molecule has 0 amide bonds. The molecule has 1 aromatic carbocycles. The molecule has 0 bridgehead atoms. The van der Waals surface area contributed by atoms with Crippen molar-refractivity contribution < 1.29 is 9.53 Å². The minimum atomic E-state index is 0.170. The standard InChI is InChI=1S/C13H15ClN2O2/c1-10(15)16(8-13(9-17)18-2)7-11-4-3-5-12(14)6-11/h3-6,8-9,15H,7H2,1-2H3/b13-8+,15-10?. The van der Waals surface area contributed by atoms with Crippen LogP contribution < -0.4 is 0 Å². The van der Waals surface area contributed by atoms with Crippen LogP contribution in [-0.2, 0) is 16.1 Å². The fraction of sp³-hybridized carbons (Fsp3) is 0.231. The minimum Gasteiger partial charge on any atom is -0.492 e. The summed E-state index contributed by atoms with van der Waals surface area (Å²) in [6.07, 6.45) is 2.10. The maximum Gasteiger partial charge on any atom is 0.186 e. The van der Waals surface area contributed by atoms with Gasteiger partial charge >= 0.3 is 0 Å². The SMILES string of the molecule is CO/C(C=O)=C/N(Cc1cccc(Cl)c1)C(C)=N. The fourth-order valence-corrected chi connectivity index (χ4v) is 1.59. The maximum absolute atomic E-state index is 10.7. The van der Waals surface area contributed by atoms with Crippen molar-refractivity contribution in [1.82, 2.24) is 4.90 Å². The van der Waals surface area contributed by atoms with Crippen molar-refractivity contribution in [2.45, 2.75) is 13.5 Å². The number of methoxy groups -OCH3 is 1. The van der Waals surface area contributed by atoms with Crippen molar-refractivity contribution in [3.63, 3.8) is 0 Å². The molecule has 0 aromatic heterocycles. The molecule has 1 rings (SSSR count). The Kier molecular flexibility index (Phi) is 5.39. The molecule has 0 aliphatic rings. The third-order valence-corrected chi connectivity index (χ3v) is 2.54. The number of hydrogen-bond acceptors (Lipinski definition) is 3. The van der Waals surface area contributed by atoms with E-state index in [9.17, 15) is 4.79 Å². The van der Waals surface area contributed by atoms with Gasteiger partial charge in [-0.1, -0.05) is 23.7 Å². The molecule has 18 heavy (non-hydrogen) atoms. The number of nitrogens with zero attached hydrogens (tertiary/aromatic N) is 1. The lowest BCUT2D eigenvalue weighted by molar-refractivity contribution is -0.107. The Hall–Kier alpha value is -1.81. The molecule has 0 atom stereocenters. The molecule has 96 valence electrons. The molecule has 0 spiro atoms. The highest BCUT2D eigenvalue weighted by molar-refractivity contribution is 6.30. The lowest BCUT2D eigenvalue weighted by Crippen LogP contribution is -2.22. The number of rotatable bonds is 5. The summed E-state index contributed by atoms with van der Waals surface area (Å²) in [5.74, 6) is 0.481. The molecule has 0 saturated carbocycles. The first-order valence-corrected chi connectivity index (χ1v) is 5.72. The Morgan fingerprint density at radius 3 is 2.78 bits per heavy atom. The number of nitrogens with one attached hydrogen (secondary N) is 1. The first-order chi connectivity index (χ1) is 8.56. The number of carbonyl (C=O) groups excluding carboxylic acids is 1. The van der Waals surface area contributed by atoms with Crippen molar-refractivity contribution in [1.29, 1.82) is 5.41 Å². The van der Waals surface area contributed by atoms with Crippen LogP contribution >= 0.6 is 11.6 Å². The van der Waals surface area contributed by atoms with Gasteiger partial charge in [-0.25, -0.2) is 0 Å². The summed E-state index contributed by atoms with van der Waals surface area (Å²) < 4.78 is 4.87. The van der Waals surface area contributed by atoms with Crippen LogP contribution in [0.3, 0.4) is 0 Å². The summed E-state index contributed by atoms with van der Waals surface area (Å²) in [5, 5.41) is 8.32. The van der Waals surface area contributed by atoms with Gasteiger partial charge in [0.2, 0.25) is 0 Å². The van der Waals surface area contributed by atoms with E-state index in [4.69, 9.17) is 21.7 Å². The zero-order valence-electron chi connectivity index (χ0n) is 10.3. The van der Waals surface area contributed by atoms with Crippen molar-refractivity contribution >= 4 is 23.7 Å². The summed E-state index contributed by atoms with van der Waals surface area (Å²) >= 11 is 5.90. The normalized spacial score (nSPS) is 10.9.